The second-order valence-electron chi connectivity index (χ2n) is 10.8. The number of aliphatic hydroxyl groups excluding tert-OH is 1. The summed E-state index contributed by atoms with van der Waals surface area (Å²) in [6.45, 7) is 0. The van der Waals surface area contributed by atoms with Crippen LogP contribution in [0.25, 0.3) is 32.3 Å². The lowest BCUT2D eigenvalue weighted by Crippen LogP contribution is -2.41. The predicted molar refractivity (Wildman–Crippen MR) is 168 cm³/mol. The van der Waals surface area contributed by atoms with Gasteiger partial charge in [-0.1, -0.05) is 54.6 Å². The maximum atomic E-state index is 14.0. The normalized spacial score (nSPS) is 15.9. The second-order valence-corrected chi connectivity index (χ2v) is 10.8. The van der Waals surface area contributed by atoms with Gasteiger partial charge in [0, 0.05) is 54.6 Å². The topological polar surface area (TPSA) is 96.4 Å². The van der Waals surface area contributed by atoms with Crippen LogP contribution in [0.2, 0.25) is 0 Å². The van der Waals surface area contributed by atoms with Crippen LogP contribution in [0.5, 0.6) is 11.5 Å². The molecule has 0 aromatic heterocycles. The molecule has 8 heteroatoms. The van der Waals surface area contributed by atoms with E-state index < -0.39 is 18.0 Å². The molecule has 3 amide bonds. The minimum Gasteiger partial charge on any atom is -0.496 e. The lowest BCUT2D eigenvalue weighted by atomic mass is 9.91. The van der Waals surface area contributed by atoms with E-state index >= 15 is 0 Å². The Morgan fingerprint density at radius 1 is 0.545 bits per heavy atom. The fraction of sp³-hybridized carbons (Fsp3) is 0.0833. The van der Waals surface area contributed by atoms with Crippen LogP contribution in [0, 0.1) is 0 Å². The summed E-state index contributed by atoms with van der Waals surface area (Å²) in [6.07, 6.45) is -1.28. The molecule has 2 aliphatic heterocycles. The summed E-state index contributed by atoms with van der Waals surface area (Å²) in [5, 5.41) is 15.5. The highest BCUT2D eigenvalue weighted by Crippen LogP contribution is 2.45. The predicted octanol–water partition coefficient (Wildman–Crippen LogP) is 6.62. The summed E-state index contributed by atoms with van der Waals surface area (Å²) in [7, 11) is 3.12. The molecule has 0 saturated heterocycles. The first-order chi connectivity index (χ1) is 21.4. The first kappa shape index (κ1) is 25.9. The van der Waals surface area contributed by atoms with Gasteiger partial charge >= 0.3 is 0 Å². The highest BCUT2D eigenvalue weighted by atomic mass is 16.5. The number of amides is 3. The summed E-state index contributed by atoms with van der Waals surface area (Å²) < 4.78 is 11.0. The van der Waals surface area contributed by atoms with Crippen LogP contribution < -0.4 is 19.3 Å². The molecule has 6 aromatic carbocycles. The molecule has 214 valence electrons. The number of aliphatic hydroxyl groups is 1. The molecular weight excluding hydrogens is 556 g/mol. The number of ether oxygens (including phenoxy) is 2. The van der Waals surface area contributed by atoms with E-state index in [1.165, 1.54) is 9.80 Å². The largest absolute Gasteiger partial charge is 0.496 e. The molecule has 8 rings (SSSR count). The molecule has 8 nitrogen and oxygen atoms in total. The van der Waals surface area contributed by atoms with Gasteiger partial charge in [0.05, 0.1) is 25.6 Å². The van der Waals surface area contributed by atoms with Crippen molar-refractivity contribution < 1.29 is 29.0 Å². The van der Waals surface area contributed by atoms with Gasteiger partial charge in [-0.15, -0.1) is 0 Å². The van der Waals surface area contributed by atoms with Gasteiger partial charge in [-0.05, 0) is 42.5 Å². The second kappa shape index (κ2) is 9.39. The van der Waals surface area contributed by atoms with Gasteiger partial charge in [-0.3, -0.25) is 19.3 Å². The minimum absolute atomic E-state index is 0.374. The number of anilines is 2. The zero-order valence-electron chi connectivity index (χ0n) is 23.7. The SMILES string of the molecule is COc1ccc2c3c(cccc13)C(=O)N(c1ccc(N3C(=O)c4ccc(OC)c5cccc(c45)C3O)c3ccccc13)C2=O. The Morgan fingerprint density at radius 3 is 1.73 bits per heavy atom. The van der Waals surface area contributed by atoms with Gasteiger partial charge in [0.2, 0.25) is 0 Å². The zero-order valence-corrected chi connectivity index (χ0v) is 23.7. The first-order valence-electron chi connectivity index (χ1n) is 14.1. The number of benzene rings is 6. The van der Waals surface area contributed by atoms with Gasteiger partial charge < -0.3 is 14.6 Å². The van der Waals surface area contributed by atoms with E-state index in [9.17, 15) is 19.5 Å². The summed E-state index contributed by atoms with van der Waals surface area (Å²) in [5.74, 6) is -0.0948. The van der Waals surface area contributed by atoms with Crippen molar-refractivity contribution in [2.75, 3.05) is 24.0 Å². The average molecular weight is 581 g/mol. The molecule has 44 heavy (non-hydrogen) atoms. The van der Waals surface area contributed by atoms with Crippen molar-refractivity contribution >= 4 is 61.4 Å². The third-order valence-electron chi connectivity index (χ3n) is 8.69. The number of hydrogen-bond donors (Lipinski definition) is 1. The Balaban J connectivity index is 1.29. The fourth-order valence-corrected chi connectivity index (χ4v) is 6.74. The van der Waals surface area contributed by atoms with Crippen LogP contribution >= 0.6 is 0 Å². The Labute approximate surface area is 251 Å². The number of methoxy groups -OCH3 is 2. The third-order valence-corrected chi connectivity index (χ3v) is 8.69. The molecule has 0 saturated carbocycles. The zero-order chi connectivity index (χ0) is 30.3. The Kier molecular flexibility index (Phi) is 5.53. The lowest BCUT2D eigenvalue weighted by Gasteiger charge is -2.35. The first-order valence-corrected chi connectivity index (χ1v) is 14.1. The van der Waals surface area contributed by atoms with Crippen molar-refractivity contribution in [3.63, 3.8) is 0 Å². The highest BCUT2D eigenvalue weighted by molar-refractivity contribution is 6.37. The molecule has 1 atom stereocenters. The van der Waals surface area contributed by atoms with Crippen molar-refractivity contribution in [3.05, 3.63) is 119 Å². The van der Waals surface area contributed by atoms with Crippen LogP contribution in [0.15, 0.2) is 97.1 Å². The van der Waals surface area contributed by atoms with E-state index in [1.54, 1.807) is 74.9 Å². The van der Waals surface area contributed by atoms with Crippen LogP contribution in [-0.4, -0.2) is 37.0 Å². The van der Waals surface area contributed by atoms with Gasteiger partial charge in [0.1, 0.15) is 11.5 Å². The molecule has 6 aromatic rings. The Hall–Kier alpha value is -5.73. The van der Waals surface area contributed by atoms with E-state index in [0.717, 1.165) is 5.39 Å². The number of carbonyl (C=O) groups is 3. The number of nitrogens with zero attached hydrogens (tertiary/aromatic N) is 2. The van der Waals surface area contributed by atoms with Crippen molar-refractivity contribution in [2.45, 2.75) is 6.23 Å². The number of hydrogen-bond acceptors (Lipinski definition) is 6. The number of fused-ring (bicyclic) bond motifs is 1. The molecule has 0 fully saturated rings. The lowest BCUT2D eigenvalue weighted by molar-refractivity contribution is 0.0871. The van der Waals surface area contributed by atoms with E-state index in [1.807, 2.05) is 36.4 Å². The molecule has 1 N–H and O–H groups in total. The molecule has 0 bridgehead atoms. The van der Waals surface area contributed by atoms with Crippen LogP contribution in [0.3, 0.4) is 0 Å². The third kappa shape index (κ3) is 3.34. The summed E-state index contributed by atoms with van der Waals surface area (Å²) in [6, 6.07) is 28.2. The average Bonchev–Trinajstić information content (AvgIpc) is 3.06. The number of carbonyl (C=O) groups excluding carboxylic acids is 3. The Morgan fingerprint density at radius 2 is 1.07 bits per heavy atom. The monoisotopic (exact) mass is 580 g/mol. The summed E-state index contributed by atoms with van der Waals surface area (Å²) in [4.78, 5) is 44.6. The van der Waals surface area contributed by atoms with Crippen molar-refractivity contribution in [1.29, 1.82) is 0 Å². The number of rotatable bonds is 4. The van der Waals surface area contributed by atoms with Gasteiger partial charge in [-0.2, -0.15) is 0 Å². The van der Waals surface area contributed by atoms with Crippen LogP contribution in [0.4, 0.5) is 11.4 Å². The smallest absolute Gasteiger partial charge is 0.266 e. The van der Waals surface area contributed by atoms with Gasteiger partial charge in [0.25, 0.3) is 17.7 Å². The molecule has 0 radical (unpaired) electrons. The van der Waals surface area contributed by atoms with Crippen molar-refractivity contribution in [1.82, 2.24) is 0 Å². The highest BCUT2D eigenvalue weighted by Gasteiger charge is 2.38. The van der Waals surface area contributed by atoms with Crippen molar-refractivity contribution in [3.8, 4) is 11.5 Å². The minimum atomic E-state index is -1.28. The maximum absolute atomic E-state index is 14.0. The molecule has 0 aliphatic carbocycles. The Bertz CT molecular complexity index is 2240. The fourth-order valence-electron chi connectivity index (χ4n) is 6.74. The standard InChI is InChI=1S/C36H24N2O6/c1-43-29-17-13-25-31-21(29)9-5-11-23(31)33(39)37(35(25)41)27-15-16-28(20-8-4-3-7-19(20)27)38-34(40)24-12-6-10-22-30(44-2)18-14-26(32(22)24)36(38)42/h3-18,33,39H,1-2H3. The molecule has 0 spiro atoms. The molecule has 2 aliphatic rings. The van der Waals surface area contributed by atoms with E-state index in [0.29, 0.717) is 72.1 Å². The summed E-state index contributed by atoms with van der Waals surface area (Å²) in [5.41, 5.74) is 2.63. The quantitative estimate of drug-likeness (QED) is 0.236. The van der Waals surface area contributed by atoms with Gasteiger partial charge in [0.15, 0.2) is 6.23 Å². The van der Waals surface area contributed by atoms with E-state index in [4.69, 9.17) is 9.47 Å². The van der Waals surface area contributed by atoms with Crippen molar-refractivity contribution in [2.24, 2.45) is 0 Å². The van der Waals surface area contributed by atoms with E-state index in [-0.39, 0.29) is 5.91 Å². The maximum Gasteiger partial charge on any atom is 0.266 e. The van der Waals surface area contributed by atoms with Crippen LogP contribution in [0.1, 0.15) is 42.9 Å². The van der Waals surface area contributed by atoms with E-state index in [2.05, 4.69) is 0 Å². The number of imide groups is 1. The molecular formula is C36H24N2O6. The van der Waals surface area contributed by atoms with Gasteiger partial charge in [-0.25, -0.2) is 4.90 Å². The molecule has 1 unspecified atom stereocenters. The summed E-state index contributed by atoms with van der Waals surface area (Å²) >= 11 is 0. The molecule has 2 heterocycles. The van der Waals surface area contributed by atoms with Crippen LogP contribution in [-0.2, 0) is 0 Å².